The third-order valence-corrected chi connectivity index (χ3v) is 8.81. The molecule has 210 valence electrons. The van der Waals surface area contributed by atoms with E-state index in [1.165, 1.54) is 5.01 Å². The lowest BCUT2D eigenvalue weighted by Gasteiger charge is -2.30. The lowest BCUT2D eigenvalue weighted by atomic mass is 9.77. The molecule has 1 saturated heterocycles. The number of hydrazone groups is 1. The van der Waals surface area contributed by atoms with Gasteiger partial charge in [0.1, 0.15) is 6.54 Å². The van der Waals surface area contributed by atoms with Crippen molar-refractivity contribution in [3.05, 3.63) is 106 Å². The molecule has 0 aromatic heterocycles. The Hall–Kier alpha value is -4.44. The molecule has 0 spiro atoms. The van der Waals surface area contributed by atoms with E-state index in [0.29, 0.717) is 5.69 Å². The minimum atomic E-state index is -0.980. The summed E-state index contributed by atoms with van der Waals surface area (Å²) in [5.41, 5.74) is 4.63. The molecule has 9 nitrogen and oxygen atoms in total. The van der Waals surface area contributed by atoms with Gasteiger partial charge in [0, 0.05) is 10.4 Å². The van der Waals surface area contributed by atoms with Crippen molar-refractivity contribution in [3.8, 4) is 0 Å². The van der Waals surface area contributed by atoms with E-state index in [1.807, 2.05) is 48.5 Å². The van der Waals surface area contributed by atoms with E-state index >= 15 is 0 Å². The van der Waals surface area contributed by atoms with E-state index in [2.05, 4.69) is 44.5 Å². The van der Waals surface area contributed by atoms with E-state index < -0.39 is 23.9 Å². The zero-order chi connectivity index (χ0) is 28.8. The maximum Gasteiger partial charge on any atom is 0.264 e. The number of halogens is 1. The second-order valence-electron chi connectivity index (χ2n) is 10.8. The quantitative estimate of drug-likeness (QED) is 0.348. The van der Waals surface area contributed by atoms with Crippen LogP contribution in [0.4, 0.5) is 5.69 Å². The Balaban J connectivity index is 1.18. The first-order valence-corrected chi connectivity index (χ1v) is 14.8. The number of fused-ring (bicyclic) bond motifs is 2. The number of imide groups is 1. The predicted octanol–water partition coefficient (Wildman–Crippen LogP) is 5.57. The molecule has 10 heteroatoms. The van der Waals surface area contributed by atoms with Crippen molar-refractivity contribution in [2.45, 2.75) is 37.4 Å². The van der Waals surface area contributed by atoms with Crippen LogP contribution in [0.3, 0.4) is 0 Å². The number of benzene rings is 3. The van der Waals surface area contributed by atoms with Crippen molar-refractivity contribution in [2.75, 3.05) is 11.4 Å². The van der Waals surface area contributed by atoms with Gasteiger partial charge >= 0.3 is 0 Å². The molecule has 2 fully saturated rings. The summed E-state index contributed by atoms with van der Waals surface area (Å²) in [6.45, 7) is -0.220. The molecule has 4 atom stereocenters. The minimum absolute atomic E-state index is 0.0515. The molecule has 3 aromatic rings. The monoisotopic (exact) mass is 622 g/mol. The van der Waals surface area contributed by atoms with Crippen LogP contribution in [0.2, 0.25) is 0 Å². The molecule has 7 rings (SSSR count). The lowest BCUT2D eigenvalue weighted by Crippen LogP contribution is -2.45. The molecular formula is C32H27BrN6O3. The predicted molar refractivity (Wildman–Crippen MR) is 161 cm³/mol. The second kappa shape index (κ2) is 10.8. The summed E-state index contributed by atoms with van der Waals surface area (Å²) in [6, 6.07) is 24.8. The van der Waals surface area contributed by atoms with Crippen molar-refractivity contribution < 1.29 is 14.4 Å². The summed E-state index contributed by atoms with van der Waals surface area (Å²) in [5.74, 6) is -1.14. The van der Waals surface area contributed by atoms with Crippen molar-refractivity contribution in [3.63, 3.8) is 0 Å². The van der Waals surface area contributed by atoms with Gasteiger partial charge in [-0.15, -0.1) is 0 Å². The van der Waals surface area contributed by atoms with Crippen molar-refractivity contribution in [2.24, 2.45) is 21.4 Å². The Morgan fingerprint density at radius 1 is 0.905 bits per heavy atom. The summed E-state index contributed by atoms with van der Waals surface area (Å²) < 4.78 is 0.833. The third-order valence-electron chi connectivity index (χ3n) is 8.28. The van der Waals surface area contributed by atoms with E-state index in [1.54, 1.807) is 29.3 Å². The van der Waals surface area contributed by atoms with E-state index in [4.69, 9.17) is 5.10 Å². The van der Waals surface area contributed by atoms with E-state index in [-0.39, 0.29) is 24.4 Å². The van der Waals surface area contributed by atoms with E-state index in [0.717, 1.165) is 51.0 Å². The third kappa shape index (κ3) is 4.56. The Labute approximate surface area is 251 Å². The summed E-state index contributed by atoms with van der Waals surface area (Å²) in [5, 5.41) is 16.1. The zero-order valence-electron chi connectivity index (χ0n) is 22.6. The minimum Gasteiger partial charge on any atom is -0.271 e. The highest BCUT2D eigenvalue weighted by Crippen LogP contribution is 2.44. The summed E-state index contributed by atoms with van der Waals surface area (Å²) >= 11 is 3.38. The topological polar surface area (TPSA) is 98.0 Å². The summed E-state index contributed by atoms with van der Waals surface area (Å²) in [4.78, 5) is 41.8. The standard InChI is InChI=1S/C32H27BrN6O3/c33-23-14-16-24(17-15-23)38-31(41)28-30(32(38)42)37(36-34-28)19-26(40)39-29(21-10-5-2-6-11-21)25-13-7-12-22(27(25)35-39)18-20-8-3-1-4-9-20/h1-6,8-11,14-18,25,28-30H,7,12-13,19H2/b22-18+. The normalized spacial score (nSPS) is 25.7. The Kier molecular flexibility index (Phi) is 6.78. The van der Waals surface area contributed by atoms with Crippen LogP contribution in [0.1, 0.15) is 36.4 Å². The molecule has 42 heavy (non-hydrogen) atoms. The maximum atomic E-state index is 14.0. The van der Waals surface area contributed by atoms with Crippen molar-refractivity contribution in [1.29, 1.82) is 0 Å². The number of rotatable bonds is 5. The highest BCUT2D eigenvalue weighted by Gasteiger charge is 2.55. The number of hydrogen-bond donors (Lipinski definition) is 0. The van der Waals surface area contributed by atoms with Crippen LogP contribution < -0.4 is 4.90 Å². The molecule has 4 aliphatic rings. The van der Waals surface area contributed by atoms with Gasteiger partial charge in [0.05, 0.1) is 17.4 Å². The van der Waals surface area contributed by atoms with Gasteiger partial charge in [-0.05, 0) is 66.3 Å². The molecule has 0 N–H and O–H groups in total. The fraction of sp³-hybridized carbons (Fsp3) is 0.250. The van der Waals surface area contributed by atoms with Crippen molar-refractivity contribution in [1.82, 2.24) is 10.0 Å². The van der Waals surface area contributed by atoms with Gasteiger partial charge in [-0.2, -0.15) is 10.2 Å². The fourth-order valence-corrected chi connectivity index (χ4v) is 6.61. The SMILES string of the molecule is O=C1C2N=NN(CC(=O)N3N=C4/C(=C/c5ccccc5)CCCC4C3c3ccccc3)C2C(=O)N1c1ccc(Br)cc1. The number of allylic oxidation sites excluding steroid dienone is 1. The molecule has 0 radical (unpaired) electrons. The van der Waals surface area contributed by atoms with Gasteiger partial charge in [-0.25, -0.2) is 9.91 Å². The summed E-state index contributed by atoms with van der Waals surface area (Å²) in [6.07, 6.45) is 4.97. The molecule has 3 aliphatic heterocycles. The molecule has 3 aromatic carbocycles. The molecular weight excluding hydrogens is 596 g/mol. The first-order valence-electron chi connectivity index (χ1n) is 14.0. The van der Waals surface area contributed by atoms with Crippen LogP contribution in [0, 0.1) is 5.92 Å². The average Bonchev–Trinajstić information content (AvgIpc) is 3.68. The Bertz CT molecular complexity index is 1640. The van der Waals surface area contributed by atoms with Crippen LogP contribution in [0.5, 0.6) is 0 Å². The van der Waals surface area contributed by atoms with Gasteiger partial charge in [-0.1, -0.05) is 81.8 Å². The first-order chi connectivity index (χ1) is 20.5. The molecule has 3 heterocycles. The van der Waals surface area contributed by atoms with Gasteiger partial charge in [-0.3, -0.25) is 19.4 Å². The van der Waals surface area contributed by atoms with Gasteiger partial charge in [0.15, 0.2) is 12.1 Å². The second-order valence-corrected chi connectivity index (χ2v) is 11.8. The number of anilines is 1. The van der Waals surface area contributed by atoms with Crippen molar-refractivity contribution >= 4 is 51.1 Å². The largest absolute Gasteiger partial charge is 0.271 e. The molecule has 1 aliphatic carbocycles. The van der Waals surface area contributed by atoms with Crippen LogP contribution in [-0.4, -0.2) is 52.1 Å². The van der Waals surface area contributed by atoms with E-state index in [9.17, 15) is 14.4 Å². The highest BCUT2D eigenvalue weighted by molar-refractivity contribution is 9.10. The molecule has 0 bridgehead atoms. The Morgan fingerprint density at radius 2 is 1.62 bits per heavy atom. The van der Waals surface area contributed by atoms with Crippen LogP contribution >= 0.6 is 15.9 Å². The number of hydrogen-bond acceptors (Lipinski definition) is 7. The van der Waals surface area contributed by atoms with Gasteiger partial charge in [0.2, 0.25) is 0 Å². The van der Waals surface area contributed by atoms with Crippen LogP contribution in [-0.2, 0) is 14.4 Å². The number of carbonyl (C=O) groups excluding carboxylic acids is 3. The smallest absolute Gasteiger partial charge is 0.264 e. The number of carbonyl (C=O) groups is 3. The number of amides is 3. The van der Waals surface area contributed by atoms with Gasteiger partial charge in [0.25, 0.3) is 17.7 Å². The molecule has 1 saturated carbocycles. The van der Waals surface area contributed by atoms with Crippen LogP contribution in [0.25, 0.3) is 6.08 Å². The summed E-state index contributed by atoms with van der Waals surface area (Å²) in [7, 11) is 0. The Morgan fingerprint density at radius 3 is 2.36 bits per heavy atom. The van der Waals surface area contributed by atoms with Gasteiger partial charge < -0.3 is 0 Å². The number of nitrogens with zero attached hydrogens (tertiary/aromatic N) is 6. The molecule has 3 amide bonds. The highest BCUT2D eigenvalue weighted by atomic mass is 79.9. The average molecular weight is 624 g/mol. The lowest BCUT2D eigenvalue weighted by molar-refractivity contribution is -0.136. The van der Waals surface area contributed by atoms with Crippen LogP contribution in [0.15, 0.2) is 110 Å². The zero-order valence-corrected chi connectivity index (χ0v) is 24.2. The molecule has 4 unspecified atom stereocenters. The fourth-order valence-electron chi connectivity index (χ4n) is 6.35. The maximum absolute atomic E-state index is 14.0. The first kappa shape index (κ1) is 26.5.